The first-order valence-corrected chi connectivity index (χ1v) is 8.71. The van der Waals surface area contributed by atoms with Gasteiger partial charge >= 0.3 is 0 Å². The van der Waals surface area contributed by atoms with Crippen LogP contribution in [0.5, 0.6) is 0 Å². The van der Waals surface area contributed by atoms with E-state index in [0.29, 0.717) is 12.1 Å². The molecule has 3 nitrogen and oxygen atoms in total. The molecule has 0 fully saturated rings. The van der Waals surface area contributed by atoms with Crippen LogP contribution in [0.25, 0.3) is 0 Å². The summed E-state index contributed by atoms with van der Waals surface area (Å²) in [4.78, 5) is 26.9. The monoisotopic (exact) mass is 343 g/mol. The third-order valence-electron chi connectivity index (χ3n) is 4.21. The summed E-state index contributed by atoms with van der Waals surface area (Å²) < 4.78 is 0. The Hall–Kier alpha value is -3.20. The molecular formula is C23H21NO2. The number of carbonyl (C=O) groups is 2. The summed E-state index contributed by atoms with van der Waals surface area (Å²) >= 11 is 0. The maximum atomic E-state index is 12.9. The van der Waals surface area contributed by atoms with E-state index in [4.69, 9.17) is 0 Å². The second kappa shape index (κ2) is 8.77. The van der Waals surface area contributed by atoms with Crippen molar-refractivity contribution in [1.82, 2.24) is 0 Å². The van der Waals surface area contributed by atoms with Gasteiger partial charge in [-0.1, -0.05) is 78.9 Å². The Labute approximate surface area is 153 Å². The van der Waals surface area contributed by atoms with Gasteiger partial charge in [0, 0.05) is 24.1 Å². The van der Waals surface area contributed by atoms with E-state index in [0.717, 1.165) is 11.3 Å². The molecule has 0 saturated heterocycles. The van der Waals surface area contributed by atoms with E-state index < -0.39 is 0 Å². The van der Waals surface area contributed by atoms with Gasteiger partial charge in [-0.15, -0.1) is 0 Å². The van der Waals surface area contributed by atoms with Crippen LogP contribution >= 0.6 is 0 Å². The third-order valence-corrected chi connectivity index (χ3v) is 4.21. The number of nitrogens with zero attached hydrogens (tertiary/aromatic N) is 1. The van der Waals surface area contributed by atoms with E-state index in [-0.39, 0.29) is 24.5 Å². The lowest BCUT2D eigenvalue weighted by Gasteiger charge is -2.23. The Morgan fingerprint density at radius 3 is 1.81 bits per heavy atom. The molecule has 0 aliphatic rings. The number of rotatable bonds is 7. The molecule has 3 aromatic rings. The van der Waals surface area contributed by atoms with Crippen LogP contribution in [0.15, 0.2) is 91.0 Å². The second-order valence-electron chi connectivity index (χ2n) is 6.09. The minimum atomic E-state index is -0.0515. The molecule has 0 saturated carbocycles. The standard InChI is InChI=1S/C23H21NO2/c25-22(20-12-6-2-7-13-20)16-17-23(26)24(21-14-8-3-9-15-21)18-19-10-4-1-5-11-19/h1-15H,16-18H2. The molecule has 0 aromatic heterocycles. The van der Waals surface area contributed by atoms with Gasteiger partial charge in [0.25, 0.3) is 0 Å². The molecule has 3 heteroatoms. The average molecular weight is 343 g/mol. The van der Waals surface area contributed by atoms with Gasteiger partial charge in [0.2, 0.25) is 5.91 Å². The number of amides is 1. The van der Waals surface area contributed by atoms with E-state index in [9.17, 15) is 9.59 Å². The van der Waals surface area contributed by atoms with Gasteiger partial charge in [-0.3, -0.25) is 9.59 Å². The van der Waals surface area contributed by atoms with Crippen molar-refractivity contribution in [3.05, 3.63) is 102 Å². The molecule has 0 aliphatic carbocycles. The summed E-state index contributed by atoms with van der Waals surface area (Å²) in [6, 6.07) is 28.6. The highest BCUT2D eigenvalue weighted by molar-refractivity contribution is 6.00. The number of benzene rings is 3. The zero-order chi connectivity index (χ0) is 18.2. The molecule has 0 atom stereocenters. The molecule has 0 aliphatic heterocycles. The Balaban J connectivity index is 1.72. The highest BCUT2D eigenvalue weighted by Crippen LogP contribution is 2.19. The van der Waals surface area contributed by atoms with Crippen molar-refractivity contribution in [3.8, 4) is 0 Å². The summed E-state index contributed by atoms with van der Waals surface area (Å²) in [5, 5.41) is 0. The third kappa shape index (κ3) is 4.67. The van der Waals surface area contributed by atoms with Crippen LogP contribution in [0.3, 0.4) is 0 Å². The van der Waals surface area contributed by atoms with Crippen LogP contribution in [0.1, 0.15) is 28.8 Å². The van der Waals surface area contributed by atoms with E-state index >= 15 is 0 Å². The fraction of sp³-hybridized carbons (Fsp3) is 0.130. The fourth-order valence-corrected chi connectivity index (χ4v) is 2.82. The van der Waals surface area contributed by atoms with E-state index in [1.54, 1.807) is 17.0 Å². The van der Waals surface area contributed by atoms with Crippen LogP contribution in [0, 0.1) is 0 Å². The fourth-order valence-electron chi connectivity index (χ4n) is 2.82. The Morgan fingerprint density at radius 1 is 0.654 bits per heavy atom. The van der Waals surface area contributed by atoms with Crippen LogP contribution in [0.4, 0.5) is 5.69 Å². The normalized spacial score (nSPS) is 10.3. The first kappa shape index (κ1) is 17.6. The number of hydrogen-bond acceptors (Lipinski definition) is 2. The van der Waals surface area contributed by atoms with Crippen LogP contribution in [-0.4, -0.2) is 11.7 Å². The molecule has 0 bridgehead atoms. The zero-order valence-electron chi connectivity index (χ0n) is 14.5. The number of carbonyl (C=O) groups excluding carboxylic acids is 2. The zero-order valence-corrected chi connectivity index (χ0v) is 14.5. The molecule has 0 N–H and O–H groups in total. The molecule has 0 unspecified atom stereocenters. The Morgan fingerprint density at radius 2 is 1.19 bits per heavy atom. The molecule has 26 heavy (non-hydrogen) atoms. The number of ketones is 1. The lowest BCUT2D eigenvalue weighted by atomic mass is 10.1. The molecular weight excluding hydrogens is 322 g/mol. The quantitative estimate of drug-likeness (QED) is 0.573. The molecule has 3 aromatic carbocycles. The van der Waals surface area contributed by atoms with Crippen molar-refractivity contribution in [2.75, 3.05) is 4.90 Å². The molecule has 3 rings (SSSR count). The molecule has 0 spiro atoms. The van der Waals surface area contributed by atoms with Gasteiger partial charge in [0.05, 0.1) is 6.54 Å². The van der Waals surface area contributed by atoms with Crippen molar-refractivity contribution in [3.63, 3.8) is 0 Å². The van der Waals surface area contributed by atoms with Crippen molar-refractivity contribution in [1.29, 1.82) is 0 Å². The van der Waals surface area contributed by atoms with Crippen molar-refractivity contribution in [2.45, 2.75) is 19.4 Å². The van der Waals surface area contributed by atoms with Crippen molar-refractivity contribution >= 4 is 17.4 Å². The summed E-state index contributed by atoms with van der Waals surface area (Å²) in [5.74, 6) is -0.0593. The van der Waals surface area contributed by atoms with Gasteiger partial charge in [-0.2, -0.15) is 0 Å². The lowest BCUT2D eigenvalue weighted by Crippen LogP contribution is -2.30. The highest BCUT2D eigenvalue weighted by atomic mass is 16.2. The van der Waals surface area contributed by atoms with Gasteiger partial charge in [0.15, 0.2) is 5.78 Å². The van der Waals surface area contributed by atoms with E-state index in [2.05, 4.69) is 0 Å². The topological polar surface area (TPSA) is 37.4 Å². The van der Waals surface area contributed by atoms with Gasteiger partial charge in [-0.05, 0) is 17.7 Å². The van der Waals surface area contributed by atoms with Gasteiger partial charge in [-0.25, -0.2) is 0 Å². The first-order chi connectivity index (χ1) is 12.7. The molecule has 0 radical (unpaired) electrons. The van der Waals surface area contributed by atoms with E-state index in [1.165, 1.54) is 0 Å². The minimum Gasteiger partial charge on any atom is -0.308 e. The average Bonchev–Trinajstić information content (AvgIpc) is 2.72. The Kier molecular flexibility index (Phi) is 5.94. The largest absolute Gasteiger partial charge is 0.308 e. The summed E-state index contributed by atoms with van der Waals surface area (Å²) in [6.07, 6.45) is 0.399. The van der Waals surface area contributed by atoms with Crippen molar-refractivity contribution < 1.29 is 9.59 Å². The predicted octanol–water partition coefficient (Wildman–Crippen LogP) is 4.88. The smallest absolute Gasteiger partial charge is 0.227 e. The number of para-hydroxylation sites is 1. The predicted molar refractivity (Wildman–Crippen MR) is 104 cm³/mol. The SMILES string of the molecule is O=C(CCC(=O)N(Cc1ccccc1)c1ccccc1)c1ccccc1. The summed E-state index contributed by atoms with van der Waals surface area (Å²) in [7, 11) is 0. The summed E-state index contributed by atoms with van der Waals surface area (Å²) in [6.45, 7) is 0.489. The lowest BCUT2D eigenvalue weighted by molar-refractivity contribution is -0.118. The maximum absolute atomic E-state index is 12.9. The van der Waals surface area contributed by atoms with Crippen molar-refractivity contribution in [2.24, 2.45) is 0 Å². The highest BCUT2D eigenvalue weighted by Gasteiger charge is 2.17. The molecule has 1 amide bonds. The minimum absolute atomic E-state index is 0.00771. The van der Waals surface area contributed by atoms with E-state index in [1.807, 2.05) is 78.9 Å². The molecule has 0 heterocycles. The second-order valence-corrected chi connectivity index (χ2v) is 6.09. The molecule has 130 valence electrons. The summed E-state index contributed by atoms with van der Waals surface area (Å²) in [5.41, 5.74) is 2.54. The number of Topliss-reactive ketones (excluding diaryl/α,β-unsaturated/α-hetero) is 1. The Bertz CT molecular complexity index is 845. The number of hydrogen-bond donors (Lipinski definition) is 0. The van der Waals surface area contributed by atoms with Crippen LogP contribution < -0.4 is 4.90 Å². The van der Waals surface area contributed by atoms with Crippen LogP contribution in [-0.2, 0) is 11.3 Å². The first-order valence-electron chi connectivity index (χ1n) is 8.71. The van der Waals surface area contributed by atoms with Gasteiger partial charge in [0.1, 0.15) is 0 Å². The maximum Gasteiger partial charge on any atom is 0.227 e. The van der Waals surface area contributed by atoms with Gasteiger partial charge < -0.3 is 4.90 Å². The number of anilines is 1. The van der Waals surface area contributed by atoms with Crippen LogP contribution in [0.2, 0.25) is 0 Å².